The van der Waals surface area contributed by atoms with Crippen molar-refractivity contribution in [2.75, 3.05) is 25.7 Å². The monoisotopic (exact) mass is 506 g/mol. The molecule has 0 amide bonds. The van der Waals surface area contributed by atoms with E-state index in [9.17, 15) is 0 Å². The lowest BCUT2D eigenvalue weighted by Crippen LogP contribution is -3.00. The van der Waals surface area contributed by atoms with E-state index in [1.165, 1.54) is 15.6 Å². The Hall–Kier alpha value is -1.93. The number of thioether (sulfide) groups is 1. The number of aromatic nitrogens is 1. The van der Waals surface area contributed by atoms with Crippen molar-refractivity contribution >= 4 is 34.4 Å². The molecule has 0 spiro atoms. The van der Waals surface area contributed by atoms with Gasteiger partial charge in [0, 0.05) is 24.1 Å². The molecule has 0 aliphatic carbocycles. The van der Waals surface area contributed by atoms with Gasteiger partial charge in [-0.3, -0.25) is 0 Å². The first-order valence-electron chi connectivity index (χ1n) is 8.98. The molecule has 1 aromatic heterocycles. The van der Waals surface area contributed by atoms with Crippen LogP contribution in [0.2, 0.25) is 0 Å². The first kappa shape index (κ1) is 20.8. The number of anilines is 1. The van der Waals surface area contributed by atoms with Gasteiger partial charge >= 0.3 is 0 Å². The van der Waals surface area contributed by atoms with Crippen molar-refractivity contribution in [3.8, 4) is 11.5 Å². The van der Waals surface area contributed by atoms with Crippen molar-refractivity contribution in [2.24, 2.45) is 7.05 Å². The number of fused-ring (bicyclic) bond motifs is 2. The average molecular weight is 506 g/mol. The van der Waals surface area contributed by atoms with E-state index in [1.807, 2.05) is 19.1 Å². The zero-order chi connectivity index (χ0) is 19.0. The second kappa shape index (κ2) is 8.61. The number of methoxy groups -OCH3 is 1. The summed E-state index contributed by atoms with van der Waals surface area (Å²) in [5.74, 6) is 1.80. The molecule has 2 aromatic carbocycles. The third-order valence-electron chi connectivity index (χ3n) is 4.84. The molecular weight excluding hydrogens is 483 g/mol. The van der Waals surface area contributed by atoms with E-state index in [0.29, 0.717) is 6.61 Å². The highest BCUT2D eigenvalue weighted by molar-refractivity contribution is 8.03. The Balaban J connectivity index is 0.00000225. The summed E-state index contributed by atoms with van der Waals surface area (Å²) in [5, 5.41) is 2.29. The molecule has 1 aliphatic heterocycles. The summed E-state index contributed by atoms with van der Waals surface area (Å²) in [6, 6.07) is 16.7. The fourth-order valence-electron chi connectivity index (χ4n) is 3.39. The Morgan fingerprint density at radius 2 is 1.93 bits per heavy atom. The van der Waals surface area contributed by atoms with Crippen molar-refractivity contribution < 1.29 is 38.0 Å². The summed E-state index contributed by atoms with van der Waals surface area (Å²) in [6.07, 6.45) is 2.21. The number of rotatable bonds is 4. The fraction of sp³-hybridized carbons (Fsp3) is 0.227. The predicted octanol–water partition coefficient (Wildman–Crippen LogP) is 1.62. The molecular formula is C22H23IN2O2S. The van der Waals surface area contributed by atoms with Crippen molar-refractivity contribution in [1.29, 1.82) is 0 Å². The minimum Gasteiger partial charge on any atom is -1.00 e. The normalized spacial score (nSPS) is 14.1. The first-order valence-corrected chi connectivity index (χ1v) is 9.80. The highest BCUT2D eigenvalue weighted by Crippen LogP contribution is 2.47. The standard InChI is InChI=1S/C22H23N2O2S.HI/c1-5-26-16-10-11-19-21(14-16)27-22(24(19)3)13-15-12-20(25-4)17-8-6-7-9-18(17)23(15)2;/h6-14H,5H2,1-4H3;1H/q+1;/p-1. The molecule has 28 heavy (non-hydrogen) atoms. The van der Waals surface area contributed by atoms with Gasteiger partial charge in [-0.05, 0) is 31.2 Å². The van der Waals surface area contributed by atoms with Crippen LogP contribution in [-0.4, -0.2) is 20.8 Å². The molecule has 6 heteroatoms. The van der Waals surface area contributed by atoms with Crippen LogP contribution in [0.15, 0.2) is 58.5 Å². The summed E-state index contributed by atoms with van der Waals surface area (Å²) < 4.78 is 13.5. The fourth-order valence-corrected chi connectivity index (χ4v) is 4.52. The highest BCUT2D eigenvalue weighted by atomic mass is 127. The van der Waals surface area contributed by atoms with E-state index in [2.05, 4.69) is 66.0 Å². The molecule has 0 saturated carbocycles. The predicted molar refractivity (Wildman–Crippen MR) is 112 cm³/mol. The van der Waals surface area contributed by atoms with Gasteiger partial charge in [-0.15, -0.1) is 0 Å². The van der Waals surface area contributed by atoms with Crippen LogP contribution >= 0.6 is 11.8 Å². The van der Waals surface area contributed by atoms with E-state index < -0.39 is 0 Å². The topological polar surface area (TPSA) is 25.6 Å². The molecule has 0 N–H and O–H groups in total. The molecule has 4 nitrogen and oxygen atoms in total. The number of para-hydroxylation sites is 1. The van der Waals surface area contributed by atoms with Gasteiger partial charge in [0.05, 0.1) is 35.9 Å². The molecule has 3 aromatic rings. The SMILES string of the molecule is CCOc1ccc2c(c1)S/C(=C\c1cc(OC)c3ccccc3[n+]1C)N2C.[I-]. The summed E-state index contributed by atoms with van der Waals surface area (Å²) >= 11 is 1.76. The molecule has 2 heterocycles. The molecule has 4 rings (SSSR count). The lowest BCUT2D eigenvalue weighted by atomic mass is 10.1. The van der Waals surface area contributed by atoms with Gasteiger partial charge < -0.3 is 38.4 Å². The number of ether oxygens (including phenoxy) is 2. The maximum Gasteiger partial charge on any atom is 0.216 e. The minimum atomic E-state index is 0. The molecule has 0 unspecified atom stereocenters. The van der Waals surface area contributed by atoms with Gasteiger partial charge in [-0.1, -0.05) is 23.9 Å². The number of halogens is 1. The second-order valence-corrected chi connectivity index (χ2v) is 7.48. The maximum atomic E-state index is 5.65. The van der Waals surface area contributed by atoms with Crippen LogP contribution in [0.5, 0.6) is 11.5 Å². The van der Waals surface area contributed by atoms with E-state index in [4.69, 9.17) is 9.47 Å². The van der Waals surface area contributed by atoms with E-state index in [1.54, 1.807) is 18.9 Å². The number of benzene rings is 2. The van der Waals surface area contributed by atoms with Crippen molar-refractivity contribution in [3.05, 3.63) is 59.3 Å². The van der Waals surface area contributed by atoms with Gasteiger partial charge in [-0.2, -0.15) is 4.57 Å². The van der Waals surface area contributed by atoms with Gasteiger partial charge in [-0.25, -0.2) is 0 Å². The molecule has 0 bridgehead atoms. The average Bonchev–Trinajstić information content (AvgIpc) is 2.99. The van der Waals surface area contributed by atoms with Crippen LogP contribution in [0.3, 0.4) is 0 Å². The summed E-state index contributed by atoms with van der Waals surface area (Å²) in [5.41, 5.74) is 3.44. The maximum absolute atomic E-state index is 5.65. The number of hydrogen-bond donors (Lipinski definition) is 0. The number of hydrogen-bond acceptors (Lipinski definition) is 4. The lowest BCUT2D eigenvalue weighted by molar-refractivity contribution is -0.646. The zero-order valence-electron chi connectivity index (χ0n) is 16.4. The van der Waals surface area contributed by atoms with E-state index >= 15 is 0 Å². The molecule has 0 radical (unpaired) electrons. The van der Waals surface area contributed by atoms with Gasteiger partial charge in [0.2, 0.25) is 11.2 Å². The summed E-state index contributed by atoms with van der Waals surface area (Å²) in [6.45, 7) is 2.68. The van der Waals surface area contributed by atoms with Gasteiger partial charge in [0.25, 0.3) is 0 Å². The van der Waals surface area contributed by atoms with Crippen LogP contribution in [-0.2, 0) is 7.05 Å². The summed E-state index contributed by atoms with van der Waals surface area (Å²) in [7, 11) is 5.91. The number of pyridine rings is 1. The minimum absolute atomic E-state index is 0. The van der Waals surface area contributed by atoms with Crippen LogP contribution in [0.25, 0.3) is 17.0 Å². The van der Waals surface area contributed by atoms with Crippen molar-refractivity contribution in [3.63, 3.8) is 0 Å². The zero-order valence-corrected chi connectivity index (χ0v) is 19.4. The quantitative estimate of drug-likeness (QED) is 0.397. The Bertz CT molecular complexity index is 1050. The van der Waals surface area contributed by atoms with Crippen LogP contribution < -0.4 is 42.9 Å². The van der Waals surface area contributed by atoms with E-state index in [-0.39, 0.29) is 24.0 Å². The Kier molecular flexibility index (Phi) is 6.40. The Morgan fingerprint density at radius 1 is 1.14 bits per heavy atom. The second-order valence-electron chi connectivity index (χ2n) is 6.42. The molecule has 146 valence electrons. The molecule has 1 aliphatic rings. The third kappa shape index (κ3) is 3.67. The molecule has 0 atom stereocenters. The van der Waals surface area contributed by atoms with Gasteiger partial charge in [0.15, 0.2) is 0 Å². The smallest absolute Gasteiger partial charge is 0.216 e. The van der Waals surface area contributed by atoms with Gasteiger partial charge in [0.1, 0.15) is 18.5 Å². The number of nitrogens with zero attached hydrogens (tertiary/aromatic N) is 2. The van der Waals surface area contributed by atoms with Crippen LogP contribution in [0.1, 0.15) is 12.6 Å². The summed E-state index contributed by atoms with van der Waals surface area (Å²) in [4.78, 5) is 3.43. The van der Waals surface area contributed by atoms with E-state index in [0.717, 1.165) is 28.1 Å². The third-order valence-corrected chi connectivity index (χ3v) is 5.98. The first-order chi connectivity index (χ1) is 13.1. The Morgan fingerprint density at radius 3 is 2.68 bits per heavy atom. The largest absolute Gasteiger partial charge is 1.00 e. The van der Waals surface area contributed by atoms with Crippen molar-refractivity contribution in [1.82, 2.24) is 0 Å². The molecule has 0 saturated heterocycles. The van der Waals surface area contributed by atoms with Crippen LogP contribution in [0.4, 0.5) is 5.69 Å². The molecule has 0 fully saturated rings. The Labute approximate surface area is 187 Å². The lowest BCUT2D eigenvalue weighted by Gasteiger charge is -2.14. The number of aryl methyl sites for hydroxylation is 1. The highest BCUT2D eigenvalue weighted by Gasteiger charge is 2.25. The van der Waals surface area contributed by atoms with Crippen molar-refractivity contribution in [2.45, 2.75) is 11.8 Å². The van der Waals surface area contributed by atoms with Crippen LogP contribution in [0, 0.1) is 0 Å².